The summed E-state index contributed by atoms with van der Waals surface area (Å²) >= 11 is 0. The molecule has 1 unspecified atom stereocenters. The van der Waals surface area contributed by atoms with Crippen LogP contribution in [0.2, 0.25) is 0 Å². The smallest absolute Gasteiger partial charge is 0.155 e. The molecule has 0 fully saturated rings. The molecule has 0 aromatic heterocycles. The van der Waals surface area contributed by atoms with Crippen molar-refractivity contribution in [1.29, 1.82) is 0 Å². The average Bonchev–Trinajstić information content (AvgIpc) is 2.28. The van der Waals surface area contributed by atoms with Crippen LogP contribution in [-0.4, -0.2) is 18.5 Å². The van der Waals surface area contributed by atoms with E-state index in [1.165, 1.54) is 19.3 Å². The Morgan fingerprint density at radius 3 is 2.06 bits per heavy atom. The van der Waals surface area contributed by atoms with Crippen LogP contribution in [0.1, 0.15) is 80.6 Å². The zero-order valence-electron chi connectivity index (χ0n) is 13.6. The molecule has 1 atom stereocenters. The average molecular weight is 258 g/mol. The molecule has 2 heteroatoms. The Bertz CT molecular complexity index is 209. The van der Waals surface area contributed by atoms with Crippen LogP contribution in [0.15, 0.2) is 0 Å². The van der Waals surface area contributed by atoms with E-state index in [1.54, 1.807) is 0 Å². The molecule has 0 bridgehead atoms. The molecule has 2 nitrogen and oxygen atoms in total. The van der Waals surface area contributed by atoms with Gasteiger partial charge in [0.15, 0.2) is 6.29 Å². The van der Waals surface area contributed by atoms with Crippen molar-refractivity contribution < 1.29 is 9.47 Å². The van der Waals surface area contributed by atoms with Crippen molar-refractivity contribution in [2.75, 3.05) is 6.61 Å². The summed E-state index contributed by atoms with van der Waals surface area (Å²) in [5.74, 6) is 0. The zero-order valence-corrected chi connectivity index (χ0v) is 13.6. The van der Waals surface area contributed by atoms with Crippen molar-refractivity contribution in [2.24, 2.45) is 5.41 Å². The maximum atomic E-state index is 5.83. The predicted molar refractivity (Wildman–Crippen MR) is 78.8 cm³/mol. The van der Waals surface area contributed by atoms with Crippen LogP contribution in [0.25, 0.3) is 0 Å². The molecular weight excluding hydrogens is 224 g/mol. The summed E-state index contributed by atoms with van der Waals surface area (Å²) in [6.07, 6.45) is 5.81. The van der Waals surface area contributed by atoms with E-state index >= 15 is 0 Å². The molecule has 0 aliphatic carbocycles. The van der Waals surface area contributed by atoms with Gasteiger partial charge in [-0.05, 0) is 45.4 Å². The van der Waals surface area contributed by atoms with Crippen molar-refractivity contribution in [1.82, 2.24) is 0 Å². The minimum atomic E-state index is -0.0980. The van der Waals surface area contributed by atoms with Gasteiger partial charge in [0.1, 0.15) is 0 Å². The normalized spacial score (nSPS) is 14.8. The number of hydrogen-bond donors (Lipinski definition) is 0. The van der Waals surface area contributed by atoms with Gasteiger partial charge in [-0.3, -0.25) is 0 Å². The van der Waals surface area contributed by atoms with Crippen molar-refractivity contribution in [3.8, 4) is 0 Å². The van der Waals surface area contributed by atoms with Gasteiger partial charge in [0.05, 0.1) is 5.60 Å². The second-order valence-corrected chi connectivity index (χ2v) is 6.64. The van der Waals surface area contributed by atoms with Gasteiger partial charge in [-0.1, -0.05) is 40.5 Å². The largest absolute Gasteiger partial charge is 0.353 e. The fourth-order valence-electron chi connectivity index (χ4n) is 1.70. The van der Waals surface area contributed by atoms with E-state index in [2.05, 4.69) is 41.5 Å². The number of ether oxygens (including phenoxy) is 2. The molecule has 0 spiro atoms. The first-order chi connectivity index (χ1) is 8.22. The van der Waals surface area contributed by atoms with Gasteiger partial charge >= 0.3 is 0 Å². The zero-order chi connectivity index (χ0) is 14.2. The lowest BCUT2D eigenvalue weighted by Gasteiger charge is -2.28. The molecule has 0 aliphatic heterocycles. The summed E-state index contributed by atoms with van der Waals surface area (Å²) in [4.78, 5) is 0. The highest BCUT2D eigenvalue weighted by Gasteiger charge is 2.19. The van der Waals surface area contributed by atoms with E-state index in [0.29, 0.717) is 5.41 Å². The maximum absolute atomic E-state index is 5.83. The molecule has 0 radical (unpaired) electrons. The fraction of sp³-hybridized carbons (Fsp3) is 1.00. The summed E-state index contributed by atoms with van der Waals surface area (Å²) in [7, 11) is 0. The minimum absolute atomic E-state index is 0.0797. The Morgan fingerprint density at radius 1 is 0.944 bits per heavy atom. The van der Waals surface area contributed by atoms with Gasteiger partial charge in [-0.2, -0.15) is 0 Å². The molecule has 0 rings (SSSR count). The molecule has 0 N–H and O–H groups in total. The highest BCUT2D eigenvalue weighted by atomic mass is 16.7. The summed E-state index contributed by atoms with van der Waals surface area (Å²) in [5, 5.41) is 0. The molecule has 110 valence electrons. The van der Waals surface area contributed by atoms with E-state index in [-0.39, 0.29) is 11.9 Å². The molecule has 0 heterocycles. The molecule has 0 saturated carbocycles. The Morgan fingerprint density at radius 2 is 1.56 bits per heavy atom. The second kappa shape index (κ2) is 8.16. The Labute approximate surface area is 114 Å². The topological polar surface area (TPSA) is 18.5 Å². The first kappa shape index (κ1) is 17.9. The van der Waals surface area contributed by atoms with Gasteiger partial charge in [-0.25, -0.2) is 0 Å². The third kappa shape index (κ3) is 8.93. The Balaban J connectivity index is 3.61. The standard InChI is InChI=1S/C16H34O2/c1-8-15(4,5)12-10-11-13-17-14(3)18-16(6,7)9-2/h14H,8-13H2,1-7H3. The molecule has 0 aliphatic rings. The number of rotatable bonds is 10. The van der Waals surface area contributed by atoms with Crippen LogP contribution in [0, 0.1) is 5.41 Å². The molecule has 0 saturated heterocycles. The lowest BCUT2D eigenvalue weighted by Crippen LogP contribution is -2.30. The third-order valence-corrected chi connectivity index (χ3v) is 3.89. The Hall–Kier alpha value is -0.0800. The first-order valence-corrected chi connectivity index (χ1v) is 7.52. The molecular formula is C16H34O2. The predicted octanol–water partition coefficient (Wildman–Crippen LogP) is 5.16. The summed E-state index contributed by atoms with van der Waals surface area (Å²) in [6, 6.07) is 0. The maximum Gasteiger partial charge on any atom is 0.155 e. The van der Waals surface area contributed by atoms with Crippen molar-refractivity contribution >= 4 is 0 Å². The number of unbranched alkanes of at least 4 members (excludes halogenated alkanes) is 1. The molecule has 18 heavy (non-hydrogen) atoms. The van der Waals surface area contributed by atoms with Crippen molar-refractivity contribution in [2.45, 2.75) is 92.5 Å². The van der Waals surface area contributed by atoms with E-state index < -0.39 is 0 Å². The summed E-state index contributed by atoms with van der Waals surface area (Å²) < 4.78 is 11.5. The lowest BCUT2D eigenvalue weighted by atomic mass is 9.85. The first-order valence-electron chi connectivity index (χ1n) is 7.52. The van der Waals surface area contributed by atoms with Crippen LogP contribution >= 0.6 is 0 Å². The van der Waals surface area contributed by atoms with Gasteiger partial charge in [0, 0.05) is 6.61 Å². The summed E-state index contributed by atoms with van der Waals surface area (Å²) in [5.41, 5.74) is 0.399. The molecule has 0 aromatic carbocycles. The van der Waals surface area contributed by atoms with Gasteiger partial charge in [0.2, 0.25) is 0 Å². The second-order valence-electron chi connectivity index (χ2n) is 6.64. The number of hydrogen-bond acceptors (Lipinski definition) is 2. The van der Waals surface area contributed by atoms with E-state index in [4.69, 9.17) is 9.47 Å². The van der Waals surface area contributed by atoms with Gasteiger partial charge in [-0.15, -0.1) is 0 Å². The monoisotopic (exact) mass is 258 g/mol. The van der Waals surface area contributed by atoms with Crippen LogP contribution in [0.5, 0.6) is 0 Å². The van der Waals surface area contributed by atoms with Crippen molar-refractivity contribution in [3.63, 3.8) is 0 Å². The minimum Gasteiger partial charge on any atom is -0.353 e. The highest BCUT2D eigenvalue weighted by Crippen LogP contribution is 2.26. The van der Waals surface area contributed by atoms with Crippen LogP contribution in [0.4, 0.5) is 0 Å². The van der Waals surface area contributed by atoms with E-state index in [1.807, 2.05) is 6.92 Å². The SMILES string of the molecule is CCC(C)(C)CCCCOC(C)OC(C)(C)CC. The quantitative estimate of drug-likeness (QED) is 0.398. The summed E-state index contributed by atoms with van der Waals surface area (Å²) in [6.45, 7) is 16.1. The van der Waals surface area contributed by atoms with Gasteiger partial charge < -0.3 is 9.47 Å². The lowest BCUT2D eigenvalue weighted by molar-refractivity contribution is -0.192. The Kier molecular flexibility index (Phi) is 8.13. The van der Waals surface area contributed by atoms with Gasteiger partial charge in [0.25, 0.3) is 0 Å². The van der Waals surface area contributed by atoms with Crippen LogP contribution in [0.3, 0.4) is 0 Å². The third-order valence-electron chi connectivity index (χ3n) is 3.89. The van der Waals surface area contributed by atoms with E-state index in [9.17, 15) is 0 Å². The van der Waals surface area contributed by atoms with Crippen LogP contribution in [-0.2, 0) is 9.47 Å². The molecule has 0 aromatic rings. The molecule has 0 amide bonds. The fourth-order valence-corrected chi connectivity index (χ4v) is 1.70. The van der Waals surface area contributed by atoms with E-state index in [0.717, 1.165) is 19.4 Å². The van der Waals surface area contributed by atoms with Crippen LogP contribution < -0.4 is 0 Å². The highest BCUT2D eigenvalue weighted by molar-refractivity contribution is 4.66. The van der Waals surface area contributed by atoms with Crippen molar-refractivity contribution in [3.05, 3.63) is 0 Å².